The monoisotopic (exact) mass is 321 g/mol. The number of aromatic nitrogens is 1. The average molecular weight is 322 g/mol. The maximum absolute atomic E-state index is 6.06. The highest BCUT2D eigenvalue weighted by Crippen LogP contribution is 2.28. The van der Waals surface area contributed by atoms with E-state index in [1.807, 2.05) is 24.3 Å². The van der Waals surface area contributed by atoms with Crippen molar-refractivity contribution in [2.45, 2.75) is 24.3 Å². The topological polar surface area (TPSA) is 50.9 Å². The molecule has 1 aromatic carbocycles. The van der Waals surface area contributed by atoms with Gasteiger partial charge in [-0.3, -0.25) is 0 Å². The zero-order valence-corrected chi connectivity index (χ0v) is 13.6. The van der Waals surface area contributed by atoms with E-state index in [9.17, 15) is 0 Å². The number of nitrogen functional groups attached to an aromatic ring is 1. The van der Waals surface area contributed by atoms with Gasteiger partial charge < -0.3 is 11.1 Å². The van der Waals surface area contributed by atoms with Crippen molar-refractivity contribution >= 4 is 29.2 Å². The number of halogens is 1. The lowest BCUT2D eigenvalue weighted by Gasteiger charge is -2.20. The Morgan fingerprint density at radius 2 is 2.10 bits per heavy atom. The van der Waals surface area contributed by atoms with Gasteiger partial charge in [0.15, 0.2) is 0 Å². The number of nitrogens with one attached hydrogen (secondary N) is 1. The Balaban J connectivity index is 2.12. The minimum Gasteiger partial charge on any atom is -0.383 e. The molecule has 1 unspecified atom stereocenters. The van der Waals surface area contributed by atoms with Gasteiger partial charge in [0.2, 0.25) is 0 Å². The van der Waals surface area contributed by atoms with Gasteiger partial charge in [-0.25, -0.2) is 4.98 Å². The number of nitrogens with two attached hydrogens (primary N) is 1. The van der Waals surface area contributed by atoms with Gasteiger partial charge >= 0.3 is 0 Å². The number of rotatable bonds is 7. The fourth-order valence-electron chi connectivity index (χ4n) is 2.02. The number of benzene rings is 1. The first-order valence-corrected chi connectivity index (χ1v) is 8.39. The summed E-state index contributed by atoms with van der Waals surface area (Å²) in [5, 5.41) is 4.14. The van der Waals surface area contributed by atoms with Crippen molar-refractivity contribution in [2.75, 3.05) is 18.0 Å². The van der Waals surface area contributed by atoms with Crippen LogP contribution in [-0.4, -0.2) is 17.3 Å². The van der Waals surface area contributed by atoms with Crippen molar-refractivity contribution in [3.63, 3.8) is 0 Å². The van der Waals surface area contributed by atoms with Gasteiger partial charge in [0.1, 0.15) is 5.82 Å². The Labute approximate surface area is 135 Å². The first kappa shape index (κ1) is 16.1. The van der Waals surface area contributed by atoms with E-state index in [-0.39, 0.29) is 6.04 Å². The molecule has 0 amide bonds. The third-order valence-electron chi connectivity index (χ3n) is 3.09. The van der Waals surface area contributed by atoms with E-state index in [2.05, 4.69) is 29.4 Å². The summed E-state index contributed by atoms with van der Waals surface area (Å²) >= 11 is 7.86. The lowest BCUT2D eigenvalue weighted by molar-refractivity contribution is 0.577. The van der Waals surface area contributed by atoms with E-state index >= 15 is 0 Å². The summed E-state index contributed by atoms with van der Waals surface area (Å²) in [5.41, 5.74) is 6.98. The van der Waals surface area contributed by atoms with Crippen LogP contribution in [0.1, 0.15) is 24.9 Å². The third-order valence-corrected chi connectivity index (χ3v) is 4.40. The summed E-state index contributed by atoms with van der Waals surface area (Å²) in [6, 6.07) is 12.4. The molecule has 0 fully saturated rings. The van der Waals surface area contributed by atoms with Crippen molar-refractivity contribution < 1.29 is 0 Å². The third kappa shape index (κ3) is 4.92. The Kier molecular flexibility index (Phi) is 6.36. The highest BCUT2D eigenvalue weighted by atomic mass is 35.5. The second kappa shape index (κ2) is 8.27. The van der Waals surface area contributed by atoms with Crippen LogP contribution in [0, 0.1) is 0 Å². The van der Waals surface area contributed by atoms with E-state index in [1.54, 1.807) is 18.0 Å². The molecule has 3 N–H and O–H groups in total. The molecule has 0 aliphatic heterocycles. The van der Waals surface area contributed by atoms with Gasteiger partial charge in [-0.05, 0) is 31.2 Å². The molecule has 2 aromatic rings. The van der Waals surface area contributed by atoms with Crippen LogP contribution in [-0.2, 0) is 0 Å². The molecule has 0 saturated carbocycles. The van der Waals surface area contributed by atoms with Crippen LogP contribution >= 0.6 is 23.4 Å². The van der Waals surface area contributed by atoms with Crippen molar-refractivity contribution in [3.05, 3.63) is 53.2 Å². The molecule has 3 nitrogen and oxygen atoms in total. The minimum atomic E-state index is 0.140. The molecule has 5 heteroatoms. The van der Waals surface area contributed by atoms with Gasteiger partial charge in [-0.2, -0.15) is 0 Å². The van der Waals surface area contributed by atoms with Gasteiger partial charge in [0.05, 0.1) is 5.02 Å². The fourth-order valence-corrected chi connectivity index (χ4v) is 3.19. The fraction of sp³-hybridized carbons (Fsp3) is 0.312. The van der Waals surface area contributed by atoms with Gasteiger partial charge in [0, 0.05) is 28.5 Å². The molecule has 21 heavy (non-hydrogen) atoms. The average Bonchev–Trinajstić information content (AvgIpc) is 2.51. The minimum absolute atomic E-state index is 0.140. The first-order chi connectivity index (χ1) is 10.2. The van der Waals surface area contributed by atoms with Crippen molar-refractivity contribution in [1.29, 1.82) is 0 Å². The summed E-state index contributed by atoms with van der Waals surface area (Å²) in [6.07, 6.45) is 2.65. The molecule has 2 rings (SSSR count). The van der Waals surface area contributed by atoms with E-state index in [4.69, 9.17) is 17.3 Å². The van der Waals surface area contributed by atoms with Crippen molar-refractivity contribution in [3.8, 4) is 0 Å². The van der Waals surface area contributed by atoms with E-state index < -0.39 is 0 Å². The van der Waals surface area contributed by atoms with Gasteiger partial charge in [-0.1, -0.05) is 36.7 Å². The molecule has 0 aliphatic rings. The zero-order chi connectivity index (χ0) is 15.1. The summed E-state index contributed by atoms with van der Waals surface area (Å²) in [7, 11) is 0. The maximum atomic E-state index is 6.06. The zero-order valence-electron chi connectivity index (χ0n) is 12.1. The smallest absolute Gasteiger partial charge is 0.128 e. The van der Waals surface area contributed by atoms with Gasteiger partial charge in [-0.15, -0.1) is 11.8 Å². The molecular formula is C16H20ClN3S. The quantitative estimate of drug-likeness (QED) is 0.752. The number of pyridine rings is 1. The number of thioether (sulfide) groups is 1. The molecule has 0 radical (unpaired) electrons. The van der Waals surface area contributed by atoms with Crippen molar-refractivity contribution in [2.24, 2.45) is 0 Å². The van der Waals surface area contributed by atoms with Crippen LogP contribution in [0.25, 0.3) is 0 Å². The molecular weight excluding hydrogens is 302 g/mol. The standard InChI is InChI=1S/C16H20ClN3S/c1-2-8-19-15(11-21-13-6-4-3-5-7-13)14-9-12(17)10-20-16(14)18/h3-7,9-10,15,19H,2,8,11H2,1H3,(H2,18,20). The van der Waals surface area contributed by atoms with Crippen molar-refractivity contribution in [1.82, 2.24) is 10.3 Å². The second-order valence-electron chi connectivity index (χ2n) is 4.76. The number of hydrogen-bond donors (Lipinski definition) is 2. The first-order valence-electron chi connectivity index (χ1n) is 7.03. The number of nitrogens with zero attached hydrogens (tertiary/aromatic N) is 1. The van der Waals surface area contributed by atoms with Crippen LogP contribution in [0.2, 0.25) is 5.02 Å². The van der Waals surface area contributed by atoms with Crippen LogP contribution in [0.5, 0.6) is 0 Å². The van der Waals surface area contributed by atoms with E-state index in [1.165, 1.54) is 4.90 Å². The molecule has 0 aliphatic carbocycles. The Hall–Kier alpha value is -1.23. The molecule has 1 heterocycles. The largest absolute Gasteiger partial charge is 0.383 e. The highest BCUT2D eigenvalue weighted by molar-refractivity contribution is 7.99. The Bertz CT molecular complexity index is 563. The molecule has 1 atom stereocenters. The summed E-state index contributed by atoms with van der Waals surface area (Å²) < 4.78 is 0. The summed E-state index contributed by atoms with van der Waals surface area (Å²) in [6.45, 7) is 3.08. The van der Waals surface area contributed by atoms with E-state index in [0.717, 1.165) is 24.3 Å². The molecule has 0 bridgehead atoms. The van der Waals surface area contributed by atoms with Crippen LogP contribution < -0.4 is 11.1 Å². The van der Waals surface area contributed by atoms with Crippen LogP contribution in [0.15, 0.2) is 47.5 Å². The lowest BCUT2D eigenvalue weighted by Crippen LogP contribution is -2.25. The summed E-state index contributed by atoms with van der Waals surface area (Å²) in [5.74, 6) is 1.43. The van der Waals surface area contributed by atoms with Crippen LogP contribution in [0.3, 0.4) is 0 Å². The molecule has 112 valence electrons. The predicted octanol–water partition coefficient (Wildman–Crippen LogP) is 4.15. The SMILES string of the molecule is CCCNC(CSc1ccccc1)c1cc(Cl)cnc1N. The Morgan fingerprint density at radius 1 is 1.33 bits per heavy atom. The van der Waals surface area contributed by atoms with E-state index in [0.29, 0.717) is 10.8 Å². The summed E-state index contributed by atoms with van der Waals surface area (Å²) in [4.78, 5) is 5.40. The lowest BCUT2D eigenvalue weighted by atomic mass is 10.1. The predicted molar refractivity (Wildman–Crippen MR) is 91.9 cm³/mol. The normalized spacial score (nSPS) is 12.3. The second-order valence-corrected chi connectivity index (χ2v) is 6.29. The number of hydrogen-bond acceptors (Lipinski definition) is 4. The molecule has 0 saturated heterocycles. The molecule has 0 spiro atoms. The molecule has 1 aromatic heterocycles. The number of anilines is 1. The highest BCUT2D eigenvalue weighted by Gasteiger charge is 2.15. The maximum Gasteiger partial charge on any atom is 0.128 e. The van der Waals surface area contributed by atoms with Gasteiger partial charge in [0.25, 0.3) is 0 Å². The van der Waals surface area contributed by atoms with Crippen LogP contribution in [0.4, 0.5) is 5.82 Å². The Morgan fingerprint density at radius 3 is 2.81 bits per heavy atom.